The molecule has 0 spiro atoms. The number of hydrogen-bond donors (Lipinski definition) is 1. The molecule has 1 N–H and O–H groups in total. The van der Waals surface area contributed by atoms with Crippen LogP contribution < -0.4 is 19.5 Å². The van der Waals surface area contributed by atoms with Crippen molar-refractivity contribution in [1.82, 2.24) is 5.32 Å². The summed E-state index contributed by atoms with van der Waals surface area (Å²) in [6.07, 6.45) is 1.40. The molecule has 1 aromatic carbocycles. The molecule has 0 aliphatic carbocycles. The van der Waals surface area contributed by atoms with Gasteiger partial charge in [0.2, 0.25) is 5.75 Å². The highest BCUT2D eigenvalue weighted by Crippen LogP contribution is 2.38. The lowest BCUT2D eigenvalue weighted by atomic mass is 10.1. The molecule has 0 aromatic heterocycles. The molecule has 0 radical (unpaired) electrons. The minimum atomic E-state index is -0.437. The van der Waals surface area contributed by atoms with Crippen molar-refractivity contribution in [2.24, 2.45) is 0 Å². The van der Waals surface area contributed by atoms with E-state index in [0.29, 0.717) is 23.7 Å². The van der Waals surface area contributed by atoms with Crippen LogP contribution >= 0.6 is 0 Å². The van der Waals surface area contributed by atoms with Crippen LogP contribution in [0.2, 0.25) is 0 Å². The molecule has 0 aliphatic rings. The van der Waals surface area contributed by atoms with Gasteiger partial charge in [-0.05, 0) is 37.5 Å². The smallest absolute Gasteiger partial charge is 0.306 e. The molecule has 7 nitrogen and oxygen atoms in total. The van der Waals surface area contributed by atoms with Crippen LogP contribution in [0.4, 0.5) is 0 Å². The van der Waals surface area contributed by atoms with Gasteiger partial charge in [-0.25, -0.2) is 0 Å². The molecule has 1 atom stereocenters. The van der Waals surface area contributed by atoms with Crippen molar-refractivity contribution in [2.45, 2.75) is 39.2 Å². The highest BCUT2D eigenvalue weighted by Gasteiger charge is 2.15. The highest BCUT2D eigenvalue weighted by atomic mass is 16.5. The van der Waals surface area contributed by atoms with E-state index in [1.54, 1.807) is 12.1 Å². The van der Waals surface area contributed by atoms with Gasteiger partial charge in [0.1, 0.15) is 0 Å². The third-order valence-electron chi connectivity index (χ3n) is 3.73. The average Bonchev–Trinajstić information content (AvgIpc) is 2.63. The number of esters is 1. The second-order valence-electron chi connectivity index (χ2n) is 5.57. The van der Waals surface area contributed by atoms with Crippen molar-refractivity contribution in [3.05, 3.63) is 17.7 Å². The number of ether oxygens (including phenoxy) is 4. The molecule has 0 saturated heterocycles. The molecule has 1 amide bonds. The molecular formula is C18H27NO6. The number of nitrogens with one attached hydrogen (secondary N) is 1. The average molecular weight is 353 g/mol. The lowest BCUT2D eigenvalue weighted by Gasteiger charge is -2.14. The molecule has 1 aromatic rings. The first kappa shape index (κ1) is 20.6. The lowest BCUT2D eigenvalue weighted by Crippen LogP contribution is -2.35. The van der Waals surface area contributed by atoms with Crippen LogP contribution in [0, 0.1) is 0 Å². The number of aryl methyl sites for hydroxylation is 1. The van der Waals surface area contributed by atoms with Gasteiger partial charge in [-0.15, -0.1) is 0 Å². The standard InChI is InChI=1S/C18H27NO6/c1-6-12(2)19-16(20)11-25-17(21)8-7-13-9-14(22-3)18(24-5)15(10-13)23-4/h9-10,12H,6-8,11H2,1-5H3,(H,19,20)/t12-/m0/s1. The van der Waals surface area contributed by atoms with Crippen LogP contribution in [0.25, 0.3) is 0 Å². The Balaban J connectivity index is 2.57. The Hall–Kier alpha value is -2.44. The lowest BCUT2D eigenvalue weighted by molar-refractivity contribution is -0.148. The van der Waals surface area contributed by atoms with Gasteiger partial charge in [-0.3, -0.25) is 9.59 Å². The van der Waals surface area contributed by atoms with E-state index >= 15 is 0 Å². The van der Waals surface area contributed by atoms with E-state index < -0.39 is 5.97 Å². The third kappa shape index (κ3) is 6.52. The summed E-state index contributed by atoms with van der Waals surface area (Å²) in [5.74, 6) is 0.817. The summed E-state index contributed by atoms with van der Waals surface area (Å²) in [5, 5.41) is 2.74. The Kier molecular flexibility index (Phi) is 8.60. The zero-order valence-electron chi connectivity index (χ0n) is 15.5. The molecule has 0 fully saturated rings. The third-order valence-corrected chi connectivity index (χ3v) is 3.73. The Bertz CT molecular complexity index is 562. The predicted octanol–water partition coefficient (Wildman–Crippen LogP) is 2.10. The van der Waals surface area contributed by atoms with Gasteiger partial charge >= 0.3 is 5.97 Å². The van der Waals surface area contributed by atoms with Crippen molar-refractivity contribution in [1.29, 1.82) is 0 Å². The highest BCUT2D eigenvalue weighted by molar-refractivity contribution is 5.80. The monoisotopic (exact) mass is 353 g/mol. The second-order valence-corrected chi connectivity index (χ2v) is 5.57. The molecule has 1 rings (SSSR count). The summed E-state index contributed by atoms with van der Waals surface area (Å²) in [6.45, 7) is 3.59. The fraction of sp³-hybridized carbons (Fsp3) is 0.556. The van der Waals surface area contributed by atoms with Crippen LogP contribution in [0.1, 0.15) is 32.3 Å². The normalized spacial score (nSPS) is 11.4. The van der Waals surface area contributed by atoms with Gasteiger partial charge in [0.25, 0.3) is 5.91 Å². The summed E-state index contributed by atoms with van der Waals surface area (Å²) in [5.41, 5.74) is 0.843. The maximum atomic E-state index is 11.8. The molecule has 25 heavy (non-hydrogen) atoms. The van der Waals surface area contributed by atoms with Gasteiger partial charge in [0.05, 0.1) is 21.3 Å². The van der Waals surface area contributed by atoms with Crippen LogP contribution in [0.3, 0.4) is 0 Å². The largest absolute Gasteiger partial charge is 0.493 e. The number of hydrogen-bond acceptors (Lipinski definition) is 6. The van der Waals surface area contributed by atoms with Gasteiger partial charge in [-0.1, -0.05) is 6.92 Å². The fourth-order valence-corrected chi connectivity index (χ4v) is 2.16. The minimum absolute atomic E-state index is 0.0606. The summed E-state index contributed by atoms with van der Waals surface area (Å²) in [6, 6.07) is 3.62. The summed E-state index contributed by atoms with van der Waals surface area (Å²) < 4.78 is 20.8. The zero-order valence-corrected chi connectivity index (χ0v) is 15.5. The van der Waals surface area contributed by atoms with Crippen molar-refractivity contribution >= 4 is 11.9 Å². The van der Waals surface area contributed by atoms with Crippen molar-refractivity contribution in [2.75, 3.05) is 27.9 Å². The molecule has 0 aliphatic heterocycles. The molecule has 0 heterocycles. The molecule has 7 heteroatoms. The zero-order chi connectivity index (χ0) is 18.8. The number of carbonyl (C=O) groups is 2. The topological polar surface area (TPSA) is 83.1 Å². The summed E-state index contributed by atoms with van der Waals surface area (Å²) in [7, 11) is 4.60. The first-order valence-electron chi connectivity index (χ1n) is 8.18. The number of carbonyl (C=O) groups excluding carboxylic acids is 2. The van der Waals surface area contributed by atoms with E-state index in [9.17, 15) is 9.59 Å². The van der Waals surface area contributed by atoms with Crippen LogP contribution in [-0.4, -0.2) is 45.9 Å². The van der Waals surface area contributed by atoms with E-state index in [0.717, 1.165) is 12.0 Å². The minimum Gasteiger partial charge on any atom is -0.493 e. The maximum Gasteiger partial charge on any atom is 0.306 e. The Morgan fingerprint density at radius 2 is 1.68 bits per heavy atom. The van der Waals surface area contributed by atoms with E-state index in [2.05, 4.69) is 5.32 Å². The van der Waals surface area contributed by atoms with Gasteiger partial charge in [0, 0.05) is 12.5 Å². The van der Waals surface area contributed by atoms with E-state index in [1.165, 1.54) is 21.3 Å². The number of methoxy groups -OCH3 is 3. The Morgan fingerprint density at radius 1 is 1.08 bits per heavy atom. The predicted molar refractivity (Wildman–Crippen MR) is 93.3 cm³/mol. The number of amides is 1. The van der Waals surface area contributed by atoms with Crippen LogP contribution in [-0.2, 0) is 20.7 Å². The van der Waals surface area contributed by atoms with Crippen molar-refractivity contribution in [3.8, 4) is 17.2 Å². The number of rotatable bonds is 10. The van der Waals surface area contributed by atoms with Gasteiger partial charge in [-0.2, -0.15) is 0 Å². The van der Waals surface area contributed by atoms with Crippen molar-refractivity contribution < 1.29 is 28.5 Å². The van der Waals surface area contributed by atoms with Gasteiger partial charge < -0.3 is 24.3 Å². The SMILES string of the molecule is CC[C@H](C)NC(=O)COC(=O)CCc1cc(OC)c(OC)c(OC)c1. The fourth-order valence-electron chi connectivity index (χ4n) is 2.16. The first-order valence-corrected chi connectivity index (χ1v) is 8.18. The molecule has 0 unspecified atom stereocenters. The Morgan fingerprint density at radius 3 is 2.16 bits per heavy atom. The van der Waals surface area contributed by atoms with Gasteiger partial charge in [0.15, 0.2) is 18.1 Å². The quantitative estimate of drug-likeness (QED) is 0.649. The molecule has 0 saturated carbocycles. The second kappa shape index (κ2) is 10.4. The van der Waals surface area contributed by atoms with E-state index in [1.807, 2.05) is 13.8 Å². The van der Waals surface area contributed by atoms with Crippen molar-refractivity contribution in [3.63, 3.8) is 0 Å². The number of benzene rings is 1. The van der Waals surface area contributed by atoms with E-state index in [4.69, 9.17) is 18.9 Å². The Labute approximate surface area is 148 Å². The molecule has 140 valence electrons. The first-order chi connectivity index (χ1) is 11.9. The van der Waals surface area contributed by atoms with Crippen LogP contribution in [0.5, 0.6) is 17.2 Å². The van der Waals surface area contributed by atoms with E-state index in [-0.39, 0.29) is 25.0 Å². The maximum absolute atomic E-state index is 11.8. The summed E-state index contributed by atoms with van der Waals surface area (Å²) in [4.78, 5) is 23.4. The van der Waals surface area contributed by atoms with Crippen LogP contribution in [0.15, 0.2) is 12.1 Å². The molecule has 0 bridgehead atoms. The molecular weight excluding hydrogens is 326 g/mol. The summed E-state index contributed by atoms with van der Waals surface area (Å²) >= 11 is 0.